The molecule has 4 atom stereocenters. The number of urea groups is 3. The summed E-state index contributed by atoms with van der Waals surface area (Å²) in [6, 6.07) is 43.3. The lowest BCUT2D eigenvalue weighted by Crippen LogP contribution is -2.52. The molecule has 0 radical (unpaired) electrons. The third-order valence-electron chi connectivity index (χ3n) is 25.4. The Balaban J connectivity index is 0.000000174. The number of carbonyl (C=O) groups is 10. The van der Waals surface area contributed by atoms with Crippen molar-refractivity contribution in [2.75, 3.05) is 156 Å². The molecule has 30 heteroatoms. The molecule has 8 N–H and O–H groups in total. The van der Waals surface area contributed by atoms with E-state index >= 15 is 0 Å². The monoisotopic (exact) mass is 1730 g/mol. The molecule has 9 aliphatic rings. The van der Waals surface area contributed by atoms with Gasteiger partial charge in [0.2, 0.25) is 35.4 Å². The Morgan fingerprint density at radius 3 is 1.17 bits per heavy atom. The third-order valence-corrected chi connectivity index (χ3v) is 25.4. The van der Waals surface area contributed by atoms with E-state index in [2.05, 4.69) is 95.9 Å². The van der Waals surface area contributed by atoms with Crippen LogP contribution in [0.2, 0.25) is 0 Å². The molecule has 30 nitrogen and oxygen atoms in total. The first kappa shape index (κ1) is 93.5. The summed E-state index contributed by atoms with van der Waals surface area (Å²) in [5, 5.41) is 25.0. The van der Waals surface area contributed by atoms with Crippen molar-refractivity contribution in [2.45, 2.75) is 115 Å². The van der Waals surface area contributed by atoms with Crippen LogP contribution in [0, 0.1) is 17.8 Å². The summed E-state index contributed by atoms with van der Waals surface area (Å²) in [6.07, 6.45) is 7.64. The van der Waals surface area contributed by atoms with Crippen LogP contribution in [0.1, 0.15) is 125 Å². The van der Waals surface area contributed by atoms with Crippen molar-refractivity contribution in [1.82, 2.24) is 70.7 Å². The lowest BCUT2D eigenvalue weighted by molar-refractivity contribution is -0.131. The quantitative estimate of drug-likeness (QED) is 0.0299. The molecule has 13 amide bonds. The van der Waals surface area contributed by atoms with E-state index in [0.29, 0.717) is 165 Å². The number of likely N-dealkylation sites (N-methyl/N-ethyl adjacent to an activating group) is 3. The number of anilines is 3. The molecule has 0 aliphatic carbocycles. The number of hydrogen-bond donors (Lipinski definition) is 8. The predicted octanol–water partition coefficient (Wildman–Crippen LogP) is 10.2. The molecule has 127 heavy (non-hydrogen) atoms. The molecular weight excluding hydrogens is 1610 g/mol. The molecule has 0 spiro atoms. The minimum absolute atomic E-state index is 0.0432. The molecule has 0 aromatic heterocycles. The van der Waals surface area contributed by atoms with Crippen LogP contribution in [-0.4, -0.2) is 278 Å². The Hall–Kier alpha value is -12.7. The number of likely N-dealkylation sites (tertiary alicyclic amines) is 3. The first-order valence-corrected chi connectivity index (χ1v) is 43.8. The SMILES string of the molecule is C=CC(=O)N1CCC(C(=O)NC2=NCC3=C2CN(C(=O)N[C@H](CN(C)C)c2ccccc2)C3(C)C)CC1.C=CC(=O)N1CCC(C(=O)Nc2cccc(NC3=NCC4=C3CN(C(=O)N[C@H](CN(C)C)c3ccccc3)C4(C)C)c2)CC1.C=CC(=O)Nc1ccc(C(=O)N2CCCC(C(=O)NC3=NCC4=C3CN(C(=O)N[C@H](CN(C)C)c3ccccc3)C4(C)C)C2)cc1. The fourth-order valence-electron chi connectivity index (χ4n) is 18.0. The Morgan fingerprint density at radius 1 is 0.409 bits per heavy atom. The number of piperidine rings is 3. The average molecular weight is 1730 g/mol. The summed E-state index contributed by atoms with van der Waals surface area (Å²) in [5.74, 6) is 0.149. The van der Waals surface area contributed by atoms with Crippen LogP contribution in [-0.2, 0) is 28.8 Å². The van der Waals surface area contributed by atoms with Crippen molar-refractivity contribution >= 4 is 94.0 Å². The fourth-order valence-corrected chi connectivity index (χ4v) is 18.0. The smallest absolute Gasteiger partial charge is 0.318 e. The molecule has 3 fully saturated rings. The molecule has 0 bridgehead atoms. The maximum atomic E-state index is 13.7. The minimum Gasteiger partial charge on any atom is -0.340 e. The first-order chi connectivity index (χ1) is 60.6. The summed E-state index contributed by atoms with van der Waals surface area (Å²) in [7, 11) is 12.0. The number of nitrogens with one attached hydrogen (secondary N) is 8. The Morgan fingerprint density at radius 2 is 0.780 bits per heavy atom. The lowest BCUT2D eigenvalue weighted by Gasteiger charge is -2.36. The Bertz CT molecular complexity index is 5150. The van der Waals surface area contributed by atoms with Gasteiger partial charge in [-0.3, -0.25) is 48.5 Å². The highest BCUT2D eigenvalue weighted by Gasteiger charge is 2.50. The van der Waals surface area contributed by atoms with Gasteiger partial charge in [-0.1, -0.05) is 117 Å². The Labute approximate surface area is 745 Å². The molecule has 0 saturated carbocycles. The van der Waals surface area contributed by atoms with Gasteiger partial charge in [0, 0.05) is 110 Å². The molecule has 1 unspecified atom stereocenters. The number of amidine groups is 3. The van der Waals surface area contributed by atoms with E-state index in [-0.39, 0.29) is 95.3 Å². The highest BCUT2D eigenvalue weighted by atomic mass is 16.2. The molecule has 5 aromatic carbocycles. The van der Waals surface area contributed by atoms with Gasteiger partial charge >= 0.3 is 18.1 Å². The summed E-state index contributed by atoms with van der Waals surface area (Å²) in [6.45, 7) is 30.4. The fraction of sp³-hybridized carbons (Fsp3) is 0.433. The van der Waals surface area contributed by atoms with Gasteiger partial charge in [0.05, 0.1) is 79.9 Å². The number of benzene rings is 5. The second-order valence-corrected chi connectivity index (χ2v) is 36.0. The van der Waals surface area contributed by atoms with Crippen LogP contribution >= 0.6 is 0 Å². The van der Waals surface area contributed by atoms with Gasteiger partial charge in [-0.2, -0.15) is 0 Å². The van der Waals surface area contributed by atoms with Crippen LogP contribution in [0.15, 0.2) is 226 Å². The molecule has 9 aliphatic heterocycles. The molecular formula is C97H124N20O10. The van der Waals surface area contributed by atoms with Gasteiger partial charge in [-0.05, 0) is 216 Å². The number of amides is 13. The van der Waals surface area contributed by atoms with Crippen LogP contribution in [0.5, 0.6) is 0 Å². The van der Waals surface area contributed by atoms with E-state index in [1.54, 1.807) is 39.0 Å². The number of hydrogen-bond acceptors (Lipinski definition) is 17. The van der Waals surface area contributed by atoms with Gasteiger partial charge in [0.25, 0.3) is 5.91 Å². The maximum absolute atomic E-state index is 13.7. The van der Waals surface area contributed by atoms with Gasteiger partial charge in [-0.15, -0.1) is 0 Å². The minimum atomic E-state index is -0.577. The largest absolute Gasteiger partial charge is 0.340 e. The van der Waals surface area contributed by atoms with Crippen molar-refractivity contribution in [2.24, 2.45) is 32.7 Å². The predicted molar refractivity (Wildman–Crippen MR) is 497 cm³/mol. The molecule has 14 rings (SSSR count). The van der Waals surface area contributed by atoms with Crippen LogP contribution in [0.25, 0.3) is 0 Å². The maximum Gasteiger partial charge on any atom is 0.318 e. The van der Waals surface area contributed by atoms with Crippen molar-refractivity contribution in [3.05, 3.63) is 233 Å². The lowest BCUT2D eigenvalue weighted by atomic mass is 9.94. The second-order valence-electron chi connectivity index (χ2n) is 36.0. The van der Waals surface area contributed by atoms with E-state index in [1.165, 1.54) is 18.2 Å². The summed E-state index contributed by atoms with van der Waals surface area (Å²) in [4.78, 5) is 160. The highest BCUT2D eigenvalue weighted by Crippen LogP contribution is 2.42. The van der Waals surface area contributed by atoms with Crippen LogP contribution in [0.4, 0.5) is 31.4 Å². The molecule has 5 aromatic rings. The van der Waals surface area contributed by atoms with Crippen molar-refractivity contribution < 1.29 is 47.9 Å². The number of carbonyl (C=O) groups excluding carboxylic acids is 10. The summed E-state index contributed by atoms with van der Waals surface area (Å²) < 4.78 is 0. The van der Waals surface area contributed by atoms with Crippen molar-refractivity contribution in [3.63, 3.8) is 0 Å². The van der Waals surface area contributed by atoms with Crippen LogP contribution in [0.3, 0.4) is 0 Å². The van der Waals surface area contributed by atoms with Crippen molar-refractivity contribution in [3.8, 4) is 0 Å². The van der Waals surface area contributed by atoms with Crippen LogP contribution < -0.4 is 42.5 Å². The molecule has 3 saturated heterocycles. The second kappa shape index (κ2) is 41.2. The normalized spacial score (nSPS) is 19.2. The van der Waals surface area contributed by atoms with Gasteiger partial charge in [-0.25, -0.2) is 14.4 Å². The zero-order valence-corrected chi connectivity index (χ0v) is 75.4. The Kier molecular flexibility index (Phi) is 30.3. The number of aliphatic imine (C=N–C) groups is 3. The number of rotatable bonds is 22. The highest BCUT2D eigenvalue weighted by molar-refractivity contribution is 6.14. The standard InChI is InChI=1S/C35H43N7O4.C34H43N7O3.C28H38N6O3/c1-6-30(43)37-26-16-14-24(15-17-26)33(45)41-18-10-13-25(20-41)32(44)39-31-27-21-42(35(2,3)28(27)19-36-31)34(46)38-29(22-40(4)5)23-11-8-7-9-12-23;1-6-30(42)40-17-15-24(16-18-40)32(43)37-26-14-10-13-25(19-26)36-31-27-21-41(34(2,3)28(27)20-35-31)33(44)38-29(22-39(4)5)23-11-8-7-9-12-23;1-6-24(35)33-14-12-20(13-15-33)26(36)31-25-21-17-34(28(2,3)22(21)16-29-25)27(37)30-23(18-32(4)5)19-10-8-7-9-11-19/h6-9,11-12,14-17,25,29H,1,10,13,18-22H2,2-5H3,(H,37,43)(H,38,46)(H,36,39,44);6-14,19,24,29H,1,15-18,20-22H2,2-5H3,(H,35,36)(H,37,43)(H,38,44);6-11,20,23H,1,12-18H2,2-5H3,(H,30,37)(H,29,31,36)/t25?,29-;29-;23-/m111/s1. The summed E-state index contributed by atoms with van der Waals surface area (Å²) in [5.41, 5.74) is 10.2. The van der Waals surface area contributed by atoms with E-state index in [9.17, 15) is 47.9 Å². The zero-order valence-electron chi connectivity index (χ0n) is 75.4. The van der Waals surface area contributed by atoms with E-state index < -0.39 is 16.6 Å². The van der Waals surface area contributed by atoms with Gasteiger partial charge in [0.15, 0.2) is 0 Å². The number of nitrogens with zero attached hydrogens (tertiary/aromatic N) is 12. The summed E-state index contributed by atoms with van der Waals surface area (Å²) >= 11 is 0. The first-order valence-electron chi connectivity index (χ1n) is 43.8. The third kappa shape index (κ3) is 22.4. The topological polar surface area (TPSA) is 333 Å². The zero-order chi connectivity index (χ0) is 91.2. The molecule has 9 heterocycles. The van der Waals surface area contributed by atoms with Gasteiger partial charge < -0.3 is 86.6 Å². The van der Waals surface area contributed by atoms with Gasteiger partial charge in [0.1, 0.15) is 17.5 Å². The van der Waals surface area contributed by atoms with Crippen molar-refractivity contribution in [1.29, 1.82) is 0 Å². The van der Waals surface area contributed by atoms with E-state index in [1.807, 2.05) is 205 Å². The molecule has 672 valence electrons. The van der Waals surface area contributed by atoms with E-state index in [4.69, 9.17) is 4.99 Å². The average Bonchev–Trinajstić information content (AvgIpc) is 1.60. The van der Waals surface area contributed by atoms with E-state index in [0.717, 1.165) is 61.7 Å².